The fraction of sp³-hybridized carbons (Fsp3) is 0.115. The van der Waals surface area contributed by atoms with Crippen molar-refractivity contribution in [3.8, 4) is 16.9 Å². The summed E-state index contributed by atoms with van der Waals surface area (Å²) in [7, 11) is 0. The highest BCUT2D eigenvalue weighted by atomic mass is 19.1. The molecule has 0 saturated carbocycles. The van der Waals surface area contributed by atoms with Crippen LogP contribution in [0.5, 0.6) is 0 Å². The number of benzene rings is 3. The Bertz CT molecular complexity index is 1520. The molecule has 0 aliphatic rings. The number of rotatable bonds is 9. The van der Waals surface area contributed by atoms with Crippen LogP contribution in [0.1, 0.15) is 17.3 Å². The van der Waals surface area contributed by atoms with Crippen LogP contribution in [0.15, 0.2) is 78.9 Å². The van der Waals surface area contributed by atoms with Crippen molar-refractivity contribution >= 4 is 29.0 Å². The fourth-order valence-electron chi connectivity index (χ4n) is 3.79. The van der Waals surface area contributed by atoms with Gasteiger partial charge in [0.25, 0.3) is 17.3 Å². The second-order valence-electron chi connectivity index (χ2n) is 8.29. The fourth-order valence-corrected chi connectivity index (χ4v) is 3.79. The molecule has 2 amide bonds. The third kappa shape index (κ3) is 6.10. The maximum absolute atomic E-state index is 13.5. The largest absolute Gasteiger partial charge is 0.330 e. The van der Waals surface area contributed by atoms with Gasteiger partial charge in [-0.05, 0) is 31.2 Å². The number of nitro benzene ring substituents is 2. The van der Waals surface area contributed by atoms with Crippen molar-refractivity contribution in [2.24, 2.45) is 0 Å². The Morgan fingerprint density at radius 1 is 0.949 bits per heavy atom. The molecule has 4 rings (SSSR count). The van der Waals surface area contributed by atoms with Gasteiger partial charge in [-0.2, -0.15) is 5.10 Å². The standard InChI is InChI=1S/C26H21FN6O6/c1-2-30(26(35)18-12-21(32(36)37)14-22(13-18)33(38)39)16-25(34)28-24-15-23(17-6-4-3-5-7-17)29-31(24)20-10-8-19(27)9-11-20/h3-15H,2,16H2,1H3,(H,28,34). The van der Waals surface area contributed by atoms with E-state index in [9.17, 15) is 34.2 Å². The van der Waals surface area contributed by atoms with Crippen molar-refractivity contribution in [1.29, 1.82) is 0 Å². The zero-order valence-electron chi connectivity index (χ0n) is 20.5. The highest BCUT2D eigenvalue weighted by Crippen LogP contribution is 2.26. The van der Waals surface area contributed by atoms with Crippen LogP contribution in [0.4, 0.5) is 21.6 Å². The van der Waals surface area contributed by atoms with Crippen molar-refractivity contribution < 1.29 is 23.8 Å². The van der Waals surface area contributed by atoms with Gasteiger partial charge in [-0.25, -0.2) is 9.07 Å². The van der Waals surface area contributed by atoms with E-state index in [0.717, 1.165) is 28.7 Å². The van der Waals surface area contributed by atoms with Crippen LogP contribution in [0.3, 0.4) is 0 Å². The molecule has 0 unspecified atom stereocenters. The van der Waals surface area contributed by atoms with Gasteiger partial charge in [-0.15, -0.1) is 0 Å². The predicted octanol–water partition coefficient (Wildman–Crippen LogP) is 4.60. The first-order chi connectivity index (χ1) is 18.7. The summed E-state index contributed by atoms with van der Waals surface area (Å²) in [6.45, 7) is 1.17. The number of nitrogens with one attached hydrogen (secondary N) is 1. The van der Waals surface area contributed by atoms with Gasteiger partial charge in [0.2, 0.25) is 5.91 Å². The Labute approximate surface area is 220 Å². The quantitative estimate of drug-likeness (QED) is 0.244. The molecule has 1 heterocycles. The number of aromatic nitrogens is 2. The summed E-state index contributed by atoms with van der Waals surface area (Å²) in [6, 6.07) is 18.9. The Kier molecular flexibility index (Phi) is 7.70. The number of non-ortho nitro benzene ring substituents is 2. The first-order valence-corrected chi connectivity index (χ1v) is 11.6. The smallest absolute Gasteiger partial charge is 0.277 e. The molecular weight excluding hydrogens is 511 g/mol. The summed E-state index contributed by atoms with van der Waals surface area (Å²) >= 11 is 0. The van der Waals surface area contributed by atoms with E-state index in [4.69, 9.17) is 0 Å². The van der Waals surface area contributed by atoms with Crippen molar-refractivity contribution in [2.75, 3.05) is 18.4 Å². The number of likely N-dealkylation sites (N-methyl/N-ethyl adjacent to an activating group) is 1. The summed E-state index contributed by atoms with van der Waals surface area (Å²) in [4.78, 5) is 47.9. The lowest BCUT2D eigenvalue weighted by Gasteiger charge is -2.20. The van der Waals surface area contributed by atoms with Gasteiger partial charge in [-0.3, -0.25) is 29.8 Å². The number of amides is 2. The molecule has 13 heteroatoms. The number of carbonyl (C=O) groups excluding carboxylic acids is 2. The van der Waals surface area contributed by atoms with Crippen LogP contribution in [0.2, 0.25) is 0 Å². The summed E-state index contributed by atoms with van der Waals surface area (Å²) in [5.74, 6) is -1.61. The normalized spacial score (nSPS) is 10.6. The number of carbonyl (C=O) groups is 2. The zero-order chi connectivity index (χ0) is 28.1. The SMILES string of the molecule is CCN(CC(=O)Nc1cc(-c2ccccc2)nn1-c1ccc(F)cc1)C(=O)c1cc([N+](=O)[O-])cc([N+](=O)[O-])c1. The summed E-state index contributed by atoms with van der Waals surface area (Å²) in [5.41, 5.74) is 0.234. The minimum absolute atomic E-state index is 0.0369. The average Bonchev–Trinajstić information content (AvgIpc) is 3.35. The molecule has 1 aromatic heterocycles. The van der Waals surface area contributed by atoms with E-state index in [2.05, 4.69) is 10.4 Å². The number of hydrogen-bond acceptors (Lipinski definition) is 7. The second-order valence-corrected chi connectivity index (χ2v) is 8.29. The Balaban J connectivity index is 1.60. The van der Waals surface area contributed by atoms with Crippen LogP contribution in [0.25, 0.3) is 16.9 Å². The van der Waals surface area contributed by atoms with Crippen molar-refractivity contribution in [3.63, 3.8) is 0 Å². The van der Waals surface area contributed by atoms with Gasteiger partial charge in [0.15, 0.2) is 0 Å². The molecule has 0 bridgehead atoms. The van der Waals surface area contributed by atoms with E-state index in [0.29, 0.717) is 11.4 Å². The van der Waals surface area contributed by atoms with E-state index < -0.39 is 45.4 Å². The molecule has 0 spiro atoms. The van der Waals surface area contributed by atoms with Gasteiger partial charge in [-0.1, -0.05) is 30.3 Å². The second kappa shape index (κ2) is 11.3. The van der Waals surface area contributed by atoms with E-state index >= 15 is 0 Å². The minimum Gasteiger partial charge on any atom is -0.330 e. The van der Waals surface area contributed by atoms with Gasteiger partial charge in [0.1, 0.15) is 18.2 Å². The first kappa shape index (κ1) is 26.6. The van der Waals surface area contributed by atoms with Gasteiger partial charge >= 0.3 is 0 Å². The lowest BCUT2D eigenvalue weighted by Crippen LogP contribution is -2.38. The summed E-state index contributed by atoms with van der Waals surface area (Å²) in [5, 5.41) is 29.7. The Morgan fingerprint density at radius 2 is 1.56 bits per heavy atom. The number of halogens is 1. The number of nitro groups is 2. The van der Waals surface area contributed by atoms with Crippen LogP contribution >= 0.6 is 0 Å². The van der Waals surface area contributed by atoms with E-state index in [-0.39, 0.29) is 17.9 Å². The maximum Gasteiger partial charge on any atom is 0.277 e. The minimum atomic E-state index is -0.840. The van der Waals surface area contributed by atoms with Crippen LogP contribution in [0, 0.1) is 26.0 Å². The van der Waals surface area contributed by atoms with E-state index in [1.807, 2.05) is 30.3 Å². The van der Waals surface area contributed by atoms with Gasteiger partial charge in [0.05, 0.1) is 32.9 Å². The molecular formula is C26H21FN6O6. The predicted molar refractivity (Wildman–Crippen MR) is 139 cm³/mol. The van der Waals surface area contributed by atoms with Crippen LogP contribution < -0.4 is 5.32 Å². The molecule has 12 nitrogen and oxygen atoms in total. The molecule has 39 heavy (non-hydrogen) atoms. The Hall–Kier alpha value is -5.46. The first-order valence-electron chi connectivity index (χ1n) is 11.6. The molecule has 198 valence electrons. The molecule has 0 saturated heterocycles. The zero-order valence-corrected chi connectivity index (χ0v) is 20.5. The third-order valence-corrected chi connectivity index (χ3v) is 5.69. The van der Waals surface area contributed by atoms with E-state index in [1.165, 1.54) is 28.9 Å². The van der Waals surface area contributed by atoms with Gasteiger partial charge in [0, 0.05) is 30.3 Å². The molecule has 0 aliphatic carbocycles. The molecule has 0 aliphatic heterocycles. The summed E-state index contributed by atoms with van der Waals surface area (Å²) < 4.78 is 14.9. The number of hydrogen-bond donors (Lipinski definition) is 1. The Morgan fingerprint density at radius 3 is 2.13 bits per heavy atom. The van der Waals surface area contributed by atoms with Crippen LogP contribution in [-0.2, 0) is 4.79 Å². The van der Waals surface area contributed by atoms with Gasteiger partial charge < -0.3 is 10.2 Å². The lowest BCUT2D eigenvalue weighted by atomic mass is 10.1. The van der Waals surface area contributed by atoms with Crippen molar-refractivity contribution in [3.05, 3.63) is 110 Å². The molecule has 0 radical (unpaired) electrons. The van der Waals surface area contributed by atoms with Crippen molar-refractivity contribution in [1.82, 2.24) is 14.7 Å². The highest BCUT2D eigenvalue weighted by molar-refractivity contribution is 6.00. The molecule has 0 fully saturated rings. The summed E-state index contributed by atoms with van der Waals surface area (Å²) in [6.07, 6.45) is 0. The highest BCUT2D eigenvalue weighted by Gasteiger charge is 2.24. The molecule has 0 atom stereocenters. The molecule has 4 aromatic rings. The maximum atomic E-state index is 13.5. The molecule has 3 aromatic carbocycles. The number of nitrogens with zero attached hydrogens (tertiary/aromatic N) is 5. The van der Waals surface area contributed by atoms with Crippen molar-refractivity contribution in [2.45, 2.75) is 6.92 Å². The number of anilines is 1. The monoisotopic (exact) mass is 532 g/mol. The molecule has 1 N–H and O–H groups in total. The average molecular weight is 532 g/mol. The lowest BCUT2D eigenvalue weighted by molar-refractivity contribution is -0.394. The van der Waals surface area contributed by atoms with Crippen LogP contribution in [-0.4, -0.2) is 49.4 Å². The third-order valence-electron chi connectivity index (χ3n) is 5.69. The topological polar surface area (TPSA) is 154 Å². The van der Waals surface area contributed by atoms with E-state index in [1.54, 1.807) is 13.0 Å².